The molecule has 0 aromatic heterocycles. The Labute approximate surface area is 113 Å². The van der Waals surface area contributed by atoms with Crippen molar-refractivity contribution in [3.8, 4) is 6.07 Å². The normalized spacial score (nSPS) is 11.2. The van der Waals surface area contributed by atoms with Crippen molar-refractivity contribution < 1.29 is 9.53 Å². The number of benzene rings is 1. The van der Waals surface area contributed by atoms with Gasteiger partial charge in [-0.05, 0) is 18.9 Å². The molecule has 100 valence electrons. The third kappa shape index (κ3) is 4.14. The van der Waals surface area contributed by atoms with Crippen molar-refractivity contribution in [1.29, 1.82) is 5.26 Å². The monoisotopic (exact) mass is 258 g/mol. The highest BCUT2D eigenvalue weighted by molar-refractivity contribution is 6.01. The van der Waals surface area contributed by atoms with E-state index in [0.29, 0.717) is 12.2 Å². The fourth-order valence-electron chi connectivity index (χ4n) is 1.60. The van der Waals surface area contributed by atoms with Gasteiger partial charge in [0.25, 0.3) is 0 Å². The smallest absolute Gasteiger partial charge is 0.351 e. The Morgan fingerprint density at radius 3 is 2.53 bits per heavy atom. The van der Waals surface area contributed by atoms with Crippen LogP contribution in [-0.4, -0.2) is 19.1 Å². The van der Waals surface area contributed by atoms with Crippen molar-refractivity contribution in [3.63, 3.8) is 0 Å². The molecule has 0 heterocycles. The fourth-order valence-corrected chi connectivity index (χ4v) is 1.60. The first-order chi connectivity index (χ1) is 9.24. The highest BCUT2D eigenvalue weighted by Crippen LogP contribution is 2.16. The van der Waals surface area contributed by atoms with Crippen LogP contribution in [0.1, 0.15) is 25.8 Å². The number of carbonyl (C=O) groups is 1. The number of hydrogen-bond donors (Lipinski definition) is 1. The predicted molar refractivity (Wildman–Crippen MR) is 73.9 cm³/mol. The van der Waals surface area contributed by atoms with Crippen LogP contribution in [-0.2, 0) is 9.53 Å². The molecule has 19 heavy (non-hydrogen) atoms. The lowest BCUT2D eigenvalue weighted by molar-refractivity contribution is -0.137. The van der Waals surface area contributed by atoms with E-state index in [2.05, 4.69) is 5.32 Å². The first kappa shape index (κ1) is 14.8. The van der Waals surface area contributed by atoms with Crippen molar-refractivity contribution >= 4 is 11.7 Å². The van der Waals surface area contributed by atoms with E-state index in [4.69, 9.17) is 4.74 Å². The van der Waals surface area contributed by atoms with Gasteiger partial charge < -0.3 is 10.1 Å². The molecule has 0 unspecified atom stereocenters. The van der Waals surface area contributed by atoms with Gasteiger partial charge in [0.05, 0.1) is 12.3 Å². The predicted octanol–water partition coefficient (Wildman–Crippen LogP) is 2.48. The van der Waals surface area contributed by atoms with Crippen molar-refractivity contribution in [2.45, 2.75) is 20.3 Å². The van der Waals surface area contributed by atoms with E-state index in [1.165, 1.54) is 0 Å². The fraction of sp³-hybridized carbons (Fsp3) is 0.333. The van der Waals surface area contributed by atoms with E-state index >= 15 is 0 Å². The molecule has 1 aromatic carbocycles. The minimum Gasteiger partial charge on any atom is -0.462 e. The van der Waals surface area contributed by atoms with E-state index in [1.54, 1.807) is 6.92 Å². The summed E-state index contributed by atoms with van der Waals surface area (Å²) in [5.41, 5.74) is 1.35. The molecule has 0 aliphatic carbocycles. The van der Waals surface area contributed by atoms with E-state index in [1.807, 2.05) is 43.3 Å². The van der Waals surface area contributed by atoms with Gasteiger partial charge in [0.2, 0.25) is 0 Å². The molecule has 0 spiro atoms. The van der Waals surface area contributed by atoms with Crippen molar-refractivity contribution in [2.75, 3.05) is 13.2 Å². The first-order valence-corrected chi connectivity index (χ1v) is 6.35. The summed E-state index contributed by atoms with van der Waals surface area (Å²) in [7, 11) is 0. The zero-order valence-corrected chi connectivity index (χ0v) is 11.3. The lowest BCUT2D eigenvalue weighted by Gasteiger charge is -2.12. The molecule has 4 heteroatoms. The quantitative estimate of drug-likeness (QED) is 0.484. The number of rotatable bonds is 6. The van der Waals surface area contributed by atoms with Gasteiger partial charge in [-0.1, -0.05) is 37.3 Å². The summed E-state index contributed by atoms with van der Waals surface area (Å²) in [5, 5.41) is 12.3. The van der Waals surface area contributed by atoms with Crippen LogP contribution < -0.4 is 5.32 Å². The summed E-state index contributed by atoms with van der Waals surface area (Å²) in [6.07, 6.45) is 0.901. The van der Waals surface area contributed by atoms with Gasteiger partial charge in [-0.25, -0.2) is 4.79 Å². The van der Waals surface area contributed by atoms with Crippen LogP contribution in [0, 0.1) is 11.3 Å². The molecule has 0 aliphatic heterocycles. The third-order valence-electron chi connectivity index (χ3n) is 2.46. The maximum Gasteiger partial charge on any atom is 0.351 e. The summed E-state index contributed by atoms with van der Waals surface area (Å²) in [4.78, 5) is 11.8. The average Bonchev–Trinajstić information content (AvgIpc) is 2.44. The first-order valence-electron chi connectivity index (χ1n) is 6.35. The van der Waals surface area contributed by atoms with Gasteiger partial charge in [-0.2, -0.15) is 5.26 Å². The van der Waals surface area contributed by atoms with Crippen molar-refractivity contribution in [3.05, 3.63) is 41.5 Å². The number of nitriles is 1. The topological polar surface area (TPSA) is 62.1 Å². The average molecular weight is 258 g/mol. The highest BCUT2D eigenvalue weighted by Gasteiger charge is 2.17. The second-order valence-electron chi connectivity index (χ2n) is 3.88. The summed E-state index contributed by atoms with van der Waals surface area (Å²) in [6, 6.07) is 11.3. The molecule has 0 fully saturated rings. The van der Waals surface area contributed by atoms with Crippen LogP contribution in [0.2, 0.25) is 0 Å². The SMILES string of the molecule is CCCN/C(=C(/C#N)C(=O)OCC)c1ccccc1. The number of hydrogen-bond acceptors (Lipinski definition) is 4. The molecule has 1 N–H and O–H groups in total. The third-order valence-corrected chi connectivity index (χ3v) is 2.46. The summed E-state index contributed by atoms with van der Waals surface area (Å²) in [6.45, 7) is 4.68. The van der Waals surface area contributed by atoms with Crippen LogP contribution in [0.15, 0.2) is 35.9 Å². The Bertz CT molecular complexity index is 487. The molecule has 4 nitrogen and oxygen atoms in total. The van der Waals surface area contributed by atoms with Gasteiger partial charge in [-0.15, -0.1) is 0 Å². The van der Waals surface area contributed by atoms with E-state index in [0.717, 1.165) is 12.0 Å². The van der Waals surface area contributed by atoms with Crippen LogP contribution in [0.3, 0.4) is 0 Å². The largest absolute Gasteiger partial charge is 0.462 e. The van der Waals surface area contributed by atoms with Crippen molar-refractivity contribution in [1.82, 2.24) is 5.32 Å². The molecule has 0 atom stereocenters. The number of esters is 1. The molecular formula is C15H18N2O2. The maximum absolute atomic E-state index is 11.8. The number of carbonyl (C=O) groups excluding carboxylic acids is 1. The second-order valence-corrected chi connectivity index (χ2v) is 3.88. The Balaban J connectivity index is 3.20. The lowest BCUT2D eigenvalue weighted by atomic mass is 10.1. The minimum absolute atomic E-state index is 0.0153. The molecule has 0 amide bonds. The number of nitrogens with zero attached hydrogens (tertiary/aromatic N) is 1. The Hall–Kier alpha value is -2.28. The summed E-state index contributed by atoms with van der Waals surface area (Å²) in [5.74, 6) is -0.590. The van der Waals surface area contributed by atoms with Crippen LogP contribution in [0.25, 0.3) is 5.70 Å². The summed E-state index contributed by atoms with van der Waals surface area (Å²) < 4.78 is 4.92. The lowest BCUT2D eigenvalue weighted by Crippen LogP contribution is -2.19. The molecule has 1 rings (SSSR count). The van der Waals surface area contributed by atoms with E-state index < -0.39 is 5.97 Å². The molecule has 0 aliphatic rings. The second kappa shape index (κ2) is 7.93. The minimum atomic E-state index is -0.590. The van der Waals surface area contributed by atoms with Gasteiger partial charge in [0.1, 0.15) is 6.07 Å². The van der Waals surface area contributed by atoms with Crippen LogP contribution in [0.5, 0.6) is 0 Å². The maximum atomic E-state index is 11.8. The van der Waals surface area contributed by atoms with Gasteiger partial charge in [0.15, 0.2) is 5.57 Å². The van der Waals surface area contributed by atoms with E-state index in [9.17, 15) is 10.1 Å². The standard InChI is InChI=1S/C15H18N2O2/c1-3-10-17-14(12-8-6-5-7-9-12)13(11-16)15(18)19-4-2/h5-9,17H,3-4,10H2,1-2H3/b14-13-. The zero-order valence-electron chi connectivity index (χ0n) is 11.3. The van der Waals surface area contributed by atoms with E-state index in [-0.39, 0.29) is 12.2 Å². The Morgan fingerprint density at radius 2 is 2.00 bits per heavy atom. The van der Waals surface area contributed by atoms with Crippen LogP contribution >= 0.6 is 0 Å². The molecular weight excluding hydrogens is 240 g/mol. The molecule has 1 aromatic rings. The van der Waals surface area contributed by atoms with Crippen molar-refractivity contribution in [2.24, 2.45) is 0 Å². The summed E-state index contributed by atoms with van der Waals surface area (Å²) >= 11 is 0. The van der Waals surface area contributed by atoms with Gasteiger partial charge in [0, 0.05) is 6.54 Å². The van der Waals surface area contributed by atoms with Crippen LogP contribution in [0.4, 0.5) is 0 Å². The van der Waals surface area contributed by atoms with Gasteiger partial charge >= 0.3 is 5.97 Å². The number of nitrogens with one attached hydrogen (secondary N) is 1. The molecule has 0 bridgehead atoms. The molecule has 0 saturated heterocycles. The zero-order chi connectivity index (χ0) is 14.1. The molecule has 0 saturated carbocycles. The van der Waals surface area contributed by atoms with Gasteiger partial charge in [-0.3, -0.25) is 0 Å². The molecule has 0 radical (unpaired) electrons. The Morgan fingerprint density at radius 1 is 1.32 bits per heavy atom. The Kier molecular flexibility index (Phi) is 6.17. The number of ether oxygens (including phenoxy) is 1. The highest BCUT2D eigenvalue weighted by atomic mass is 16.5.